The molecule has 4 atom stereocenters. The Morgan fingerprint density at radius 3 is 2.33 bits per heavy atom. The van der Waals surface area contributed by atoms with Gasteiger partial charge in [0.2, 0.25) is 11.8 Å². The highest BCUT2D eigenvalue weighted by atomic mass is 16.5. The van der Waals surface area contributed by atoms with E-state index in [1.54, 1.807) is 50.2 Å². The van der Waals surface area contributed by atoms with Gasteiger partial charge in [0.25, 0.3) is 0 Å². The number of carbonyl (C=O) groups is 4. The van der Waals surface area contributed by atoms with Gasteiger partial charge < -0.3 is 14.2 Å². The number of amides is 2. The molecule has 4 rings (SSSR count). The predicted molar refractivity (Wildman–Crippen MR) is 131 cm³/mol. The third-order valence-corrected chi connectivity index (χ3v) is 7.13. The Hall–Kier alpha value is -3.72. The van der Waals surface area contributed by atoms with Gasteiger partial charge in [0.1, 0.15) is 5.54 Å². The zero-order valence-corrected chi connectivity index (χ0v) is 21.0. The molecule has 0 saturated carbocycles. The Balaban J connectivity index is 1.86. The molecule has 0 radical (unpaired) electrons. The van der Waals surface area contributed by atoms with Crippen LogP contribution in [0.3, 0.4) is 0 Å². The van der Waals surface area contributed by atoms with E-state index in [2.05, 4.69) is 5.32 Å². The van der Waals surface area contributed by atoms with Crippen molar-refractivity contribution in [3.05, 3.63) is 53.6 Å². The topological polar surface area (TPSA) is 111 Å². The van der Waals surface area contributed by atoms with E-state index in [-0.39, 0.29) is 18.8 Å². The quantitative estimate of drug-likeness (QED) is 0.339. The summed E-state index contributed by atoms with van der Waals surface area (Å²) in [7, 11) is 3.03. The number of nitrogens with zero attached hydrogens (tertiary/aromatic N) is 1. The number of fused-ring (bicyclic) bond motifs is 1. The van der Waals surface area contributed by atoms with Crippen molar-refractivity contribution < 1.29 is 33.4 Å². The first-order valence-electron chi connectivity index (χ1n) is 11.9. The molecule has 0 spiro atoms. The van der Waals surface area contributed by atoms with Crippen molar-refractivity contribution in [3.63, 3.8) is 0 Å². The lowest BCUT2D eigenvalue weighted by Gasteiger charge is -2.32. The number of hydrogen-bond acceptors (Lipinski definition) is 8. The van der Waals surface area contributed by atoms with Gasteiger partial charge in [-0.05, 0) is 50.1 Å². The second-order valence-corrected chi connectivity index (χ2v) is 8.90. The number of esters is 1. The third kappa shape index (κ3) is 3.83. The molecule has 2 amide bonds. The van der Waals surface area contributed by atoms with E-state index in [0.717, 1.165) is 4.90 Å². The van der Waals surface area contributed by atoms with Crippen LogP contribution in [0, 0.1) is 11.8 Å². The van der Waals surface area contributed by atoms with Crippen molar-refractivity contribution in [1.82, 2.24) is 5.32 Å². The molecule has 190 valence electrons. The van der Waals surface area contributed by atoms with Gasteiger partial charge >= 0.3 is 5.97 Å². The minimum atomic E-state index is -1.40. The summed E-state index contributed by atoms with van der Waals surface area (Å²) in [5, 5.41) is 3.31. The molecule has 36 heavy (non-hydrogen) atoms. The van der Waals surface area contributed by atoms with Crippen molar-refractivity contribution in [2.75, 3.05) is 25.7 Å². The number of carbonyl (C=O) groups excluding carboxylic acids is 4. The maximum absolute atomic E-state index is 13.9. The number of imide groups is 1. The normalized spacial score (nSPS) is 25.0. The molecule has 2 aromatic carbocycles. The van der Waals surface area contributed by atoms with Gasteiger partial charge in [-0.25, -0.2) is 4.90 Å². The second kappa shape index (κ2) is 9.73. The van der Waals surface area contributed by atoms with Crippen LogP contribution in [0.5, 0.6) is 11.5 Å². The van der Waals surface area contributed by atoms with Gasteiger partial charge in [-0.1, -0.05) is 25.1 Å². The number of ketones is 1. The molecule has 0 aliphatic carbocycles. The molecule has 2 heterocycles. The zero-order chi connectivity index (χ0) is 26.2. The number of rotatable bonds is 8. The van der Waals surface area contributed by atoms with Crippen molar-refractivity contribution in [1.29, 1.82) is 0 Å². The summed E-state index contributed by atoms with van der Waals surface area (Å²) in [6.45, 7) is 5.03. The fourth-order valence-electron chi connectivity index (χ4n) is 5.37. The number of nitrogens with one attached hydrogen (secondary N) is 1. The number of hydrogen-bond donors (Lipinski definition) is 1. The molecule has 0 aromatic heterocycles. The highest BCUT2D eigenvalue weighted by Crippen LogP contribution is 2.52. The summed E-state index contributed by atoms with van der Waals surface area (Å²) in [6.07, 6.45) is 0.233. The largest absolute Gasteiger partial charge is 0.493 e. The summed E-state index contributed by atoms with van der Waals surface area (Å²) in [5.41, 5.74) is -0.0558. The van der Waals surface area contributed by atoms with Gasteiger partial charge in [0.05, 0.1) is 38.3 Å². The number of ether oxygens (including phenoxy) is 3. The number of Topliss-reactive ketones (excluding diaryl/α,β-unsaturated/α-hetero) is 1. The third-order valence-electron chi connectivity index (χ3n) is 7.13. The Morgan fingerprint density at radius 1 is 1.00 bits per heavy atom. The average molecular weight is 495 g/mol. The summed E-state index contributed by atoms with van der Waals surface area (Å²) in [4.78, 5) is 54.2. The molecule has 0 bridgehead atoms. The average Bonchev–Trinajstić information content (AvgIpc) is 3.37. The molecule has 9 nitrogen and oxygen atoms in total. The number of methoxy groups -OCH3 is 2. The van der Waals surface area contributed by atoms with Gasteiger partial charge in [0.15, 0.2) is 17.3 Å². The molecule has 2 aromatic rings. The summed E-state index contributed by atoms with van der Waals surface area (Å²) in [5.74, 6) is -2.61. The van der Waals surface area contributed by atoms with Gasteiger partial charge in [-0.3, -0.25) is 24.5 Å². The van der Waals surface area contributed by atoms with Crippen molar-refractivity contribution in [2.45, 2.75) is 38.8 Å². The maximum Gasteiger partial charge on any atom is 0.327 e. The van der Waals surface area contributed by atoms with Crippen LogP contribution in [0.25, 0.3) is 0 Å². The molecule has 9 heteroatoms. The number of benzene rings is 2. The van der Waals surface area contributed by atoms with Crippen LogP contribution in [-0.2, 0) is 19.1 Å². The minimum absolute atomic E-state index is 0.132. The lowest BCUT2D eigenvalue weighted by Crippen LogP contribution is -2.56. The van der Waals surface area contributed by atoms with E-state index in [9.17, 15) is 19.2 Å². The summed E-state index contributed by atoms with van der Waals surface area (Å²) in [6, 6.07) is 11.0. The molecule has 0 unspecified atom stereocenters. The summed E-state index contributed by atoms with van der Waals surface area (Å²) >= 11 is 0. The Bertz CT molecular complexity index is 1230. The molecule has 2 aliphatic heterocycles. The zero-order valence-electron chi connectivity index (χ0n) is 21.0. The van der Waals surface area contributed by atoms with Crippen LogP contribution in [-0.4, -0.2) is 49.9 Å². The van der Waals surface area contributed by atoms with E-state index in [4.69, 9.17) is 14.2 Å². The van der Waals surface area contributed by atoms with E-state index in [0.29, 0.717) is 28.3 Å². The summed E-state index contributed by atoms with van der Waals surface area (Å²) < 4.78 is 16.2. The first kappa shape index (κ1) is 25.4. The predicted octanol–water partition coefficient (Wildman–Crippen LogP) is 3.07. The monoisotopic (exact) mass is 494 g/mol. The van der Waals surface area contributed by atoms with Crippen LogP contribution in [0.1, 0.15) is 49.2 Å². The number of anilines is 1. The van der Waals surface area contributed by atoms with E-state index in [1.807, 2.05) is 0 Å². The Labute approximate surface area is 209 Å². The molecular weight excluding hydrogens is 464 g/mol. The first-order valence-corrected chi connectivity index (χ1v) is 11.9. The van der Waals surface area contributed by atoms with Crippen LogP contribution >= 0.6 is 0 Å². The van der Waals surface area contributed by atoms with Crippen LogP contribution in [0.2, 0.25) is 0 Å². The van der Waals surface area contributed by atoms with E-state index < -0.39 is 41.2 Å². The van der Waals surface area contributed by atoms with Gasteiger partial charge in [-0.2, -0.15) is 0 Å². The van der Waals surface area contributed by atoms with Crippen LogP contribution < -0.4 is 19.7 Å². The van der Waals surface area contributed by atoms with Crippen molar-refractivity contribution >= 4 is 29.3 Å². The van der Waals surface area contributed by atoms with E-state index in [1.165, 1.54) is 27.2 Å². The highest BCUT2D eigenvalue weighted by Gasteiger charge is 2.68. The smallest absolute Gasteiger partial charge is 0.327 e. The Kier molecular flexibility index (Phi) is 6.86. The van der Waals surface area contributed by atoms with Crippen molar-refractivity contribution in [2.24, 2.45) is 11.8 Å². The lowest BCUT2D eigenvalue weighted by atomic mass is 9.78. The van der Waals surface area contributed by atoms with E-state index >= 15 is 0 Å². The van der Waals surface area contributed by atoms with Gasteiger partial charge in [0, 0.05) is 11.6 Å². The van der Waals surface area contributed by atoms with Crippen molar-refractivity contribution in [3.8, 4) is 11.5 Å². The molecule has 2 saturated heterocycles. The fraction of sp³-hybridized carbons (Fsp3) is 0.407. The molecule has 1 N–H and O–H groups in total. The van der Waals surface area contributed by atoms with Crippen LogP contribution in [0.4, 0.5) is 5.69 Å². The highest BCUT2D eigenvalue weighted by molar-refractivity contribution is 6.24. The first-order chi connectivity index (χ1) is 17.2. The standard InChI is InChI=1S/C27H30N2O7/c1-6-27(26(33)36-7-2)22-21(23(28-27)17-11-12-19(34-4)20(14-17)35-5)24(31)29(25(22)32)18-10-8-9-16(13-18)15(3)30/h8-14,21-23,28H,6-7H2,1-5H3/t21-,22+,23+,27+/m0/s1. The molecule has 2 fully saturated rings. The SMILES string of the molecule is CCOC(=O)[C@]1(CC)N[C@H](c2ccc(OC)c(OC)c2)[C@H]2C(=O)N(c3cccc(C(C)=O)c3)C(=O)[C@@H]21. The molecule has 2 aliphatic rings. The van der Waals surface area contributed by atoms with Crippen LogP contribution in [0.15, 0.2) is 42.5 Å². The second-order valence-electron chi connectivity index (χ2n) is 8.90. The lowest BCUT2D eigenvalue weighted by molar-refractivity contribution is -0.154. The maximum atomic E-state index is 13.9. The Morgan fingerprint density at radius 2 is 1.72 bits per heavy atom. The fourth-order valence-corrected chi connectivity index (χ4v) is 5.37. The minimum Gasteiger partial charge on any atom is -0.493 e. The van der Waals surface area contributed by atoms with Gasteiger partial charge in [-0.15, -0.1) is 0 Å². The molecular formula is C27H30N2O7.